The SMILES string of the molecule is C(#Cc1ccnc2ccccc12)c1ccc(N2CCCCC2)cc1.CCN(CC)c1ccc(C#Cc2ccnc3ccccc23)cc1. The van der Waals surface area contributed by atoms with Gasteiger partial charge in [0.15, 0.2) is 0 Å². The Balaban J connectivity index is 0.000000165. The van der Waals surface area contributed by atoms with Crippen LogP contribution in [0.2, 0.25) is 0 Å². The maximum absolute atomic E-state index is 4.39. The summed E-state index contributed by atoms with van der Waals surface area (Å²) in [4.78, 5) is 13.6. The molecule has 0 bridgehead atoms. The number of pyridine rings is 2. The van der Waals surface area contributed by atoms with E-state index in [0.717, 1.165) is 57.1 Å². The van der Waals surface area contributed by atoms with Gasteiger partial charge in [0, 0.05) is 83.0 Å². The third kappa shape index (κ3) is 7.99. The standard InChI is InChI=1S/C22H20N2.C21H20N2/c1-4-16-24(17-5-1)20-12-9-18(10-13-20)8-11-19-14-15-23-22-7-3-2-6-21(19)22;1-3-23(4-2)19-13-10-17(11-14-19)9-12-18-15-16-22-21-8-6-5-7-20(18)21/h2-3,6-7,9-10,12-15H,1,4-5,16-17H2;5-8,10-11,13-16H,3-4H2,1-2H3. The quantitative estimate of drug-likeness (QED) is 0.186. The molecule has 0 radical (unpaired) electrons. The Bertz CT molecular complexity index is 2040. The Morgan fingerprint density at radius 2 is 1.04 bits per heavy atom. The molecule has 0 spiro atoms. The molecular weight excluding hydrogens is 573 g/mol. The minimum atomic E-state index is 0.983. The Kier molecular flexibility index (Phi) is 10.4. The fourth-order valence-corrected chi connectivity index (χ4v) is 5.94. The van der Waals surface area contributed by atoms with E-state index in [-0.39, 0.29) is 0 Å². The van der Waals surface area contributed by atoms with E-state index in [1.807, 2.05) is 60.9 Å². The summed E-state index contributed by atoms with van der Waals surface area (Å²) in [5, 5.41) is 2.21. The minimum Gasteiger partial charge on any atom is -0.372 e. The van der Waals surface area contributed by atoms with Crippen LogP contribution < -0.4 is 9.80 Å². The Morgan fingerprint density at radius 3 is 1.55 bits per heavy atom. The van der Waals surface area contributed by atoms with Crippen molar-refractivity contribution in [3.63, 3.8) is 0 Å². The van der Waals surface area contributed by atoms with Gasteiger partial charge in [-0.05, 0) is 106 Å². The van der Waals surface area contributed by atoms with Crippen LogP contribution in [0.15, 0.2) is 122 Å². The van der Waals surface area contributed by atoms with Gasteiger partial charge in [-0.2, -0.15) is 0 Å². The van der Waals surface area contributed by atoms with Crippen LogP contribution in [0.3, 0.4) is 0 Å². The first kappa shape index (κ1) is 31.4. The second kappa shape index (κ2) is 15.6. The summed E-state index contributed by atoms with van der Waals surface area (Å²) >= 11 is 0. The summed E-state index contributed by atoms with van der Waals surface area (Å²) < 4.78 is 0. The summed E-state index contributed by atoms with van der Waals surface area (Å²) in [6, 6.07) is 37.3. The first-order valence-electron chi connectivity index (χ1n) is 16.6. The summed E-state index contributed by atoms with van der Waals surface area (Å²) in [6.45, 7) is 8.73. The van der Waals surface area contributed by atoms with Gasteiger partial charge < -0.3 is 9.80 Å². The van der Waals surface area contributed by atoms with E-state index in [2.05, 4.69) is 118 Å². The Hall–Kier alpha value is -5.58. The molecule has 0 atom stereocenters. The molecule has 0 aliphatic carbocycles. The van der Waals surface area contributed by atoms with E-state index in [1.54, 1.807) is 0 Å². The molecule has 4 heteroatoms. The molecule has 1 aliphatic rings. The average molecular weight is 613 g/mol. The summed E-state index contributed by atoms with van der Waals surface area (Å²) in [6.07, 6.45) is 7.61. The third-order valence-electron chi connectivity index (χ3n) is 8.57. The van der Waals surface area contributed by atoms with Crippen molar-refractivity contribution in [2.24, 2.45) is 0 Å². The second-order valence-electron chi connectivity index (χ2n) is 11.6. The monoisotopic (exact) mass is 612 g/mol. The molecular formula is C43H40N4. The van der Waals surface area contributed by atoms with Crippen LogP contribution in [0.4, 0.5) is 11.4 Å². The van der Waals surface area contributed by atoms with Crippen molar-refractivity contribution in [3.05, 3.63) is 144 Å². The van der Waals surface area contributed by atoms with Gasteiger partial charge in [-0.15, -0.1) is 0 Å². The number of rotatable bonds is 4. The molecule has 2 aromatic heterocycles. The summed E-state index contributed by atoms with van der Waals surface area (Å²) in [5.74, 6) is 13.1. The van der Waals surface area contributed by atoms with Crippen LogP contribution in [0.25, 0.3) is 21.8 Å². The lowest BCUT2D eigenvalue weighted by Crippen LogP contribution is -2.29. The highest BCUT2D eigenvalue weighted by Gasteiger charge is 2.10. The van der Waals surface area contributed by atoms with Gasteiger partial charge in [0.25, 0.3) is 0 Å². The van der Waals surface area contributed by atoms with Crippen LogP contribution in [0, 0.1) is 23.7 Å². The third-order valence-corrected chi connectivity index (χ3v) is 8.57. The molecule has 1 saturated heterocycles. The number of para-hydroxylation sites is 2. The highest BCUT2D eigenvalue weighted by Crippen LogP contribution is 2.21. The second-order valence-corrected chi connectivity index (χ2v) is 11.6. The fourth-order valence-electron chi connectivity index (χ4n) is 5.94. The van der Waals surface area contributed by atoms with Crippen LogP contribution >= 0.6 is 0 Å². The van der Waals surface area contributed by atoms with E-state index in [1.165, 1.54) is 43.7 Å². The van der Waals surface area contributed by atoms with Crippen molar-refractivity contribution in [3.8, 4) is 23.7 Å². The fraction of sp³-hybridized carbons (Fsp3) is 0.209. The van der Waals surface area contributed by atoms with E-state index in [0.29, 0.717) is 0 Å². The van der Waals surface area contributed by atoms with Crippen molar-refractivity contribution in [1.82, 2.24) is 9.97 Å². The van der Waals surface area contributed by atoms with Gasteiger partial charge in [0.2, 0.25) is 0 Å². The molecule has 232 valence electrons. The van der Waals surface area contributed by atoms with Crippen LogP contribution in [-0.4, -0.2) is 36.1 Å². The number of fused-ring (bicyclic) bond motifs is 2. The highest BCUT2D eigenvalue weighted by atomic mass is 15.1. The molecule has 0 amide bonds. The molecule has 4 nitrogen and oxygen atoms in total. The van der Waals surface area contributed by atoms with E-state index >= 15 is 0 Å². The van der Waals surface area contributed by atoms with Crippen molar-refractivity contribution in [2.45, 2.75) is 33.1 Å². The van der Waals surface area contributed by atoms with Gasteiger partial charge in [0.05, 0.1) is 11.0 Å². The van der Waals surface area contributed by atoms with Crippen molar-refractivity contribution < 1.29 is 0 Å². The molecule has 0 saturated carbocycles. The number of piperidine rings is 1. The highest BCUT2D eigenvalue weighted by molar-refractivity contribution is 5.85. The molecule has 3 heterocycles. The van der Waals surface area contributed by atoms with E-state index in [9.17, 15) is 0 Å². The molecule has 47 heavy (non-hydrogen) atoms. The number of aromatic nitrogens is 2. The maximum Gasteiger partial charge on any atom is 0.0714 e. The van der Waals surface area contributed by atoms with Gasteiger partial charge >= 0.3 is 0 Å². The molecule has 0 unspecified atom stereocenters. The van der Waals surface area contributed by atoms with Crippen LogP contribution in [-0.2, 0) is 0 Å². The molecule has 1 aliphatic heterocycles. The predicted molar refractivity (Wildman–Crippen MR) is 198 cm³/mol. The zero-order valence-electron chi connectivity index (χ0n) is 27.3. The molecule has 0 N–H and O–H groups in total. The van der Waals surface area contributed by atoms with Crippen LogP contribution in [0.1, 0.15) is 55.4 Å². The minimum absolute atomic E-state index is 0.983. The predicted octanol–water partition coefficient (Wildman–Crippen LogP) is 9.11. The summed E-state index contributed by atoms with van der Waals surface area (Å²) in [7, 11) is 0. The number of anilines is 2. The zero-order valence-corrected chi connectivity index (χ0v) is 27.3. The maximum atomic E-state index is 4.39. The average Bonchev–Trinajstić information content (AvgIpc) is 3.15. The number of hydrogen-bond donors (Lipinski definition) is 0. The lowest BCUT2D eigenvalue weighted by atomic mass is 10.1. The van der Waals surface area contributed by atoms with Crippen molar-refractivity contribution in [1.29, 1.82) is 0 Å². The van der Waals surface area contributed by atoms with E-state index in [4.69, 9.17) is 0 Å². The smallest absolute Gasteiger partial charge is 0.0714 e. The van der Waals surface area contributed by atoms with Crippen molar-refractivity contribution in [2.75, 3.05) is 36.0 Å². The van der Waals surface area contributed by atoms with E-state index < -0.39 is 0 Å². The Labute approximate surface area is 279 Å². The largest absolute Gasteiger partial charge is 0.372 e. The van der Waals surface area contributed by atoms with Gasteiger partial charge in [-0.3, -0.25) is 9.97 Å². The molecule has 6 aromatic rings. The Morgan fingerprint density at radius 1 is 0.553 bits per heavy atom. The number of nitrogens with zero attached hydrogens (tertiary/aromatic N) is 4. The summed E-state index contributed by atoms with van der Waals surface area (Å²) in [5.41, 5.74) is 8.66. The first-order valence-corrected chi connectivity index (χ1v) is 16.6. The van der Waals surface area contributed by atoms with Gasteiger partial charge in [-0.25, -0.2) is 0 Å². The lowest BCUT2D eigenvalue weighted by Gasteiger charge is -2.28. The molecule has 4 aromatic carbocycles. The van der Waals surface area contributed by atoms with Crippen molar-refractivity contribution >= 4 is 33.2 Å². The van der Waals surface area contributed by atoms with Crippen LogP contribution in [0.5, 0.6) is 0 Å². The normalized spacial score (nSPS) is 12.3. The molecule has 7 rings (SSSR count). The van der Waals surface area contributed by atoms with Gasteiger partial charge in [0.1, 0.15) is 0 Å². The number of benzene rings is 4. The zero-order chi connectivity index (χ0) is 32.3. The first-order chi connectivity index (χ1) is 23.2. The molecule has 1 fully saturated rings. The topological polar surface area (TPSA) is 32.3 Å². The lowest BCUT2D eigenvalue weighted by molar-refractivity contribution is 0.578. The van der Waals surface area contributed by atoms with Gasteiger partial charge in [-0.1, -0.05) is 60.1 Å². The number of hydrogen-bond acceptors (Lipinski definition) is 4.